The summed E-state index contributed by atoms with van der Waals surface area (Å²) in [6.45, 7) is 3.50. The van der Waals surface area contributed by atoms with Crippen LogP contribution < -0.4 is 5.32 Å². The van der Waals surface area contributed by atoms with Gasteiger partial charge in [-0.05, 0) is 13.3 Å². The highest BCUT2D eigenvalue weighted by atomic mass is 16.2. The maximum atomic E-state index is 11.4. The molecule has 1 aliphatic rings. The average Bonchev–Trinajstić information content (AvgIpc) is 2.48. The summed E-state index contributed by atoms with van der Waals surface area (Å²) in [4.78, 5) is 34.7. The molecule has 0 unspecified atom stereocenters. The molecule has 0 aromatic heterocycles. The number of hydrogen-bond donors (Lipinski definition) is 1. The Morgan fingerprint density at radius 3 is 2.57 bits per heavy atom. The first-order valence-electron chi connectivity index (χ1n) is 4.63. The summed E-state index contributed by atoms with van der Waals surface area (Å²) in [6, 6.07) is -0.547. The lowest BCUT2D eigenvalue weighted by atomic mass is 10.3. The zero-order chi connectivity index (χ0) is 10.7. The Balaban J connectivity index is 2.55. The lowest BCUT2D eigenvalue weighted by Crippen LogP contribution is -2.46. The first-order chi connectivity index (χ1) is 6.52. The normalized spacial score (nSPS) is 18.1. The number of imide groups is 1. The van der Waals surface area contributed by atoms with Gasteiger partial charge in [-0.15, -0.1) is 0 Å². The van der Waals surface area contributed by atoms with Crippen molar-refractivity contribution in [2.45, 2.75) is 32.7 Å². The van der Waals surface area contributed by atoms with Gasteiger partial charge >= 0.3 is 0 Å². The van der Waals surface area contributed by atoms with E-state index < -0.39 is 17.9 Å². The number of carbonyl (C=O) groups excluding carboxylic acids is 3. The fraction of sp³-hybridized carbons (Fsp3) is 0.667. The molecule has 0 radical (unpaired) electrons. The highest BCUT2D eigenvalue weighted by Gasteiger charge is 2.29. The zero-order valence-corrected chi connectivity index (χ0v) is 8.37. The molecule has 1 N–H and O–H groups in total. The van der Waals surface area contributed by atoms with E-state index in [0.29, 0.717) is 13.0 Å². The van der Waals surface area contributed by atoms with Crippen molar-refractivity contribution in [3.8, 4) is 0 Å². The predicted octanol–water partition coefficient (Wildman–Crippen LogP) is -0.340. The van der Waals surface area contributed by atoms with Crippen molar-refractivity contribution < 1.29 is 14.4 Å². The van der Waals surface area contributed by atoms with Crippen molar-refractivity contribution in [2.75, 3.05) is 6.54 Å². The Hall–Kier alpha value is -1.39. The topological polar surface area (TPSA) is 66.5 Å². The SMILES string of the molecule is CC(=O)NC(=O)[C@H](C)N1CCCC1=O. The molecule has 3 amide bonds. The summed E-state index contributed by atoms with van der Waals surface area (Å²) < 4.78 is 0. The van der Waals surface area contributed by atoms with Crippen LogP contribution in [0.25, 0.3) is 0 Å². The fourth-order valence-electron chi connectivity index (χ4n) is 1.50. The Kier molecular flexibility index (Phi) is 3.22. The minimum Gasteiger partial charge on any atom is -0.331 e. The number of carbonyl (C=O) groups is 3. The van der Waals surface area contributed by atoms with Crippen LogP contribution in [0, 0.1) is 0 Å². The molecule has 5 nitrogen and oxygen atoms in total. The second kappa shape index (κ2) is 4.21. The van der Waals surface area contributed by atoms with E-state index in [1.807, 2.05) is 0 Å². The van der Waals surface area contributed by atoms with Gasteiger partial charge in [-0.3, -0.25) is 19.7 Å². The van der Waals surface area contributed by atoms with E-state index in [9.17, 15) is 14.4 Å². The van der Waals surface area contributed by atoms with Gasteiger partial charge in [0.15, 0.2) is 0 Å². The van der Waals surface area contributed by atoms with E-state index in [0.717, 1.165) is 6.42 Å². The van der Waals surface area contributed by atoms with Gasteiger partial charge in [0, 0.05) is 19.9 Å². The van der Waals surface area contributed by atoms with Gasteiger partial charge < -0.3 is 4.90 Å². The zero-order valence-electron chi connectivity index (χ0n) is 8.37. The van der Waals surface area contributed by atoms with Crippen LogP contribution in [0.5, 0.6) is 0 Å². The first kappa shape index (κ1) is 10.7. The van der Waals surface area contributed by atoms with Crippen LogP contribution in [0.2, 0.25) is 0 Å². The Labute approximate surface area is 82.4 Å². The van der Waals surface area contributed by atoms with Gasteiger partial charge in [-0.1, -0.05) is 0 Å². The number of nitrogens with zero attached hydrogens (tertiary/aromatic N) is 1. The van der Waals surface area contributed by atoms with Crippen LogP contribution in [-0.4, -0.2) is 35.2 Å². The first-order valence-corrected chi connectivity index (χ1v) is 4.63. The third-order valence-electron chi connectivity index (χ3n) is 2.26. The van der Waals surface area contributed by atoms with E-state index in [4.69, 9.17) is 0 Å². The summed E-state index contributed by atoms with van der Waals surface area (Å²) in [5.41, 5.74) is 0. The predicted molar refractivity (Wildman–Crippen MR) is 49.2 cm³/mol. The van der Waals surface area contributed by atoms with Gasteiger partial charge in [0.25, 0.3) is 0 Å². The van der Waals surface area contributed by atoms with E-state index in [1.54, 1.807) is 6.92 Å². The number of rotatable bonds is 2. The molecule has 1 fully saturated rings. The summed E-state index contributed by atoms with van der Waals surface area (Å²) >= 11 is 0. The molecule has 78 valence electrons. The highest BCUT2D eigenvalue weighted by Crippen LogP contribution is 2.13. The van der Waals surface area contributed by atoms with Gasteiger partial charge in [0.1, 0.15) is 6.04 Å². The third-order valence-corrected chi connectivity index (χ3v) is 2.26. The largest absolute Gasteiger partial charge is 0.331 e. The number of hydrogen-bond acceptors (Lipinski definition) is 3. The average molecular weight is 198 g/mol. The molecule has 1 aliphatic heterocycles. The summed E-state index contributed by atoms with van der Waals surface area (Å²) in [5, 5.41) is 2.17. The molecule has 1 rings (SSSR count). The molecule has 0 aromatic carbocycles. The molecule has 0 aromatic rings. The number of likely N-dealkylation sites (tertiary alicyclic amines) is 1. The number of amides is 3. The molecular weight excluding hydrogens is 184 g/mol. The van der Waals surface area contributed by atoms with Crippen molar-refractivity contribution in [1.29, 1.82) is 0 Å². The van der Waals surface area contributed by atoms with Crippen molar-refractivity contribution >= 4 is 17.7 Å². The summed E-state index contributed by atoms with van der Waals surface area (Å²) in [7, 11) is 0. The summed E-state index contributed by atoms with van der Waals surface area (Å²) in [5.74, 6) is -0.822. The Bertz CT molecular complexity index is 275. The van der Waals surface area contributed by atoms with Crippen LogP contribution in [0.4, 0.5) is 0 Å². The molecule has 5 heteroatoms. The van der Waals surface area contributed by atoms with Crippen molar-refractivity contribution in [1.82, 2.24) is 10.2 Å². The molecular formula is C9H14N2O3. The maximum Gasteiger partial charge on any atom is 0.249 e. The maximum absolute atomic E-state index is 11.4. The molecule has 0 aliphatic carbocycles. The second-order valence-electron chi connectivity index (χ2n) is 3.41. The molecule has 1 saturated heterocycles. The van der Waals surface area contributed by atoms with Gasteiger partial charge in [-0.2, -0.15) is 0 Å². The standard InChI is InChI=1S/C9H14N2O3/c1-6(9(14)10-7(2)12)11-5-3-4-8(11)13/h6H,3-5H2,1-2H3,(H,10,12,14)/t6-/m0/s1. The molecule has 0 bridgehead atoms. The van der Waals surface area contributed by atoms with Crippen molar-refractivity contribution in [2.24, 2.45) is 0 Å². The monoisotopic (exact) mass is 198 g/mol. The van der Waals surface area contributed by atoms with Crippen molar-refractivity contribution in [3.63, 3.8) is 0 Å². The minimum atomic E-state index is -0.547. The van der Waals surface area contributed by atoms with Gasteiger partial charge in [0.05, 0.1) is 0 Å². The van der Waals surface area contributed by atoms with Crippen LogP contribution in [0.15, 0.2) is 0 Å². The van der Waals surface area contributed by atoms with Crippen LogP contribution in [0.1, 0.15) is 26.7 Å². The molecule has 0 spiro atoms. The van der Waals surface area contributed by atoms with Crippen LogP contribution in [0.3, 0.4) is 0 Å². The fourth-order valence-corrected chi connectivity index (χ4v) is 1.50. The minimum absolute atomic E-state index is 0.0174. The highest BCUT2D eigenvalue weighted by molar-refractivity contribution is 5.98. The van der Waals surface area contributed by atoms with E-state index in [-0.39, 0.29) is 5.91 Å². The lowest BCUT2D eigenvalue weighted by molar-refractivity contribution is -0.139. The van der Waals surface area contributed by atoms with E-state index in [1.165, 1.54) is 11.8 Å². The van der Waals surface area contributed by atoms with Gasteiger partial charge in [0.2, 0.25) is 17.7 Å². The molecule has 0 saturated carbocycles. The molecule has 1 atom stereocenters. The Morgan fingerprint density at radius 1 is 1.50 bits per heavy atom. The molecule has 14 heavy (non-hydrogen) atoms. The van der Waals surface area contributed by atoms with E-state index >= 15 is 0 Å². The number of nitrogens with one attached hydrogen (secondary N) is 1. The van der Waals surface area contributed by atoms with Gasteiger partial charge in [-0.25, -0.2) is 0 Å². The smallest absolute Gasteiger partial charge is 0.249 e. The van der Waals surface area contributed by atoms with E-state index in [2.05, 4.69) is 5.32 Å². The summed E-state index contributed by atoms with van der Waals surface area (Å²) in [6.07, 6.45) is 1.29. The molecule has 1 heterocycles. The van der Waals surface area contributed by atoms with Crippen LogP contribution >= 0.6 is 0 Å². The van der Waals surface area contributed by atoms with Crippen molar-refractivity contribution in [3.05, 3.63) is 0 Å². The quantitative estimate of drug-likeness (QED) is 0.660. The lowest BCUT2D eigenvalue weighted by Gasteiger charge is -2.22. The second-order valence-corrected chi connectivity index (χ2v) is 3.41. The third kappa shape index (κ3) is 2.31. The Morgan fingerprint density at radius 2 is 2.14 bits per heavy atom. The van der Waals surface area contributed by atoms with Crippen LogP contribution in [-0.2, 0) is 14.4 Å².